The van der Waals surface area contributed by atoms with Crippen molar-refractivity contribution in [1.82, 2.24) is 0 Å². The molecule has 7 heteroatoms. The zero-order valence-corrected chi connectivity index (χ0v) is 8.36. The lowest BCUT2D eigenvalue weighted by molar-refractivity contribution is -0.290. The topological polar surface area (TPSA) is 105 Å². The van der Waals surface area contributed by atoms with Gasteiger partial charge in [0.05, 0.1) is 0 Å². The van der Waals surface area contributed by atoms with Crippen LogP contribution in [0.1, 0.15) is 0 Å². The molecule has 1 heterocycles. The molecule has 7 nitrogen and oxygen atoms in total. The first kappa shape index (κ1) is 12.3. The third kappa shape index (κ3) is 2.27. The molecule has 0 saturated carbocycles. The lowest BCUT2D eigenvalue weighted by atomic mass is 9.99. The molecule has 0 unspecified atom stereocenters. The molecule has 1 aliphatic rings. The molecule has 1 aliphatic heterocycles. The van der Waals surface area contributed by atoms with E-state index in [1.807, 2.05) is 0 Å². The van der Waals surface area contributed by atoms with Gasteiger partial charge in [0, 0.05) is 14.2 Å². The van der Waals surface area contributed by atoms with Gasteiger partial charge in [-0.25, -0.2) is 4.79 Å². The second kappa shape index (κ2) is 4.86. The normalized spacial score (nSPS) is 41.5. The highest BCUT2D eigenvalue weighted by molar-refractivity contribution is 5.73. The number of aliphatic carboxylic acids is 1. The molecule has 0 spiro atoms. The SMILES string of the molecule is CO[C@@H]1O[C@H](C(=O)O)[C@@H](OC)[C@H](O)[C@H]1O. The Bertz CT molecular complexity index is 231. The highest BCUT2D eigenvalue weighted by Gasteiger charge is 2.48. The first-order valence-electron chi connectivity index (χ1n) is 4.33. The fraction of sp³-hybridized carbons (Fsp3) is 0.875. The van der Waals surface area contributed by atoms with E-state index in [4.69, 9.17) is 19.3 Å². The Labute approximate surface area is 86.2 Å². The maximum absolute atomic E-state index is 10.8. The van der Waals surface area contributed by atoms with Crippen molar-refractivity contribution >= 4 is 5.97 Å². The molecule has 0 bridgehead atoms. The summed E-state index contributed by atoms with van der Waals surface area (Å²) in [6.45, 7) is 0. The molecule has 88 valence electrons. The zero-order valence-electron chi connectivity index (χ0n) is 8.36. The van der Waals surface area contributed by atoms with Crippen LogP contribution in [0.3, 0.4) is 0 Å². The van der Waals surface area contributed by atoms with Gasteiger partial charge in [0.1, 0.15) is 18.3 Å². The van der Waals surface area contributed by atoms with Crippen LogP contribution in [0.5, 0.6) is 0 Å². The fourth-order valence-electron chi connectivity index (χ4n) is 1.49. The van der Waals surface area contributed by atoms with Crippen LogP contribution in [0.25, 0.3) is 0 Å². The standard InChI is InChI=1S/C8H14O7/c1-13-5-3(9)4(10)8(14-2)15-6(5)7(11)12/h3-6,8-10H,1-2H3,(H,11,12)/t3-,4-,5+,6+,8-/m1/s1. The van der Waals surface area contributed by atoms with Gasteiger partial charge < -0.3 is 29.5 Å². The summed E-state index contributed by atoms with van der Waals surface area (Å²) in [5.74, 6) is -1.28. The lowest BCUT2D eigenvalue weighted by Gasteiger charge is -2.39. The summed E-state index contributed by atoms with van der Waals surface area (Å²) in [6.07, 6.45) is -6.36. The molecule has 0 aliphatic carbocycles. The van der Waals surface area contributed by atoms with E-state index in [1.54, 1.807) is 0 Å². The molecule has 0 aromatic rings. The van der Waals surface area contributed by atoms with E-state index in [-0.39, 0.29) is 0 Å². The maximum atomic E-state index is 10.8. The Morgan fingerprint density at radius 3 is 2.20 bits per heavy atom. The predicted octanol–water partition coefficient (Wildman–Crippen LogP) is -1.82. The van der Waals surface area contributed by atoms with E-state index in [0.717, 1.165) is 0 Å². The third-order valence-electron chi connectivity index (χ3n) is 2.29. The zero-order chi connectivity index (χ0) is 11.6. The van der Waals surface area contributed by atoms with Crippen molar-refractivity contribution in [3.05, 3.63) is 0 Å². The van der Waals surface area contributed by atoms with E-state index >= 15 is 0 Å². The van der Waals surface area contributed by atoms with Gasteiger partial charge in [-0.1, -0.05) is 0 Å². The van der Waals surface area contributed by atoms with E-state index in [1.165, 1.54) is 14.2 Å². The number of ether oxygens (including phenoxy) is 3. The van der Waals surface area contributed by atoms with Crippen molar-refractivity contribution in [3.8, 4) is 0 Å². The average molecular weight is 222 g/mol. The predicted molar refractivity (Wildman–Crippen MR) is 46.1 cm³/mol. The fourth-order valence-corrected chi connectivity index (χ4v) is 1.49. The van der Waals surface area contributed by atoms with Crippen LogP contribution >= 0.6 is 0 Å². The van der Waals surface area contributed by atoms with Crippen LogP contribution in [0.2, 0.25) is 0 Å². The minimum atomic E-state index is -1.37. The summed E-state index contributed by atoms with van der Waals surface area (Å²) in [7, 11) is 2.47. The van der Waals surface area contributed by atoms with Crippen molar-refractivity contribution in [1.29, 1.82) is 0 Å². The van der Waals surface area contributed by atoms with Crippen molar-refractivity contribution in [2.24, 2.45) is 0 Å². The molecule has 0 aromatic carbocycles. The van der Waals surface area contributed by atoms with E-state index in [2.05, 4.69) is 0 Å². The van der Waals surface area contributed by atoms with Crippen LogP contribution in [0, 0.1) is 0 Å². The molecule has 1 rings (SSSR count). The van der Waals surface area contributed by atoms with Gasteiger partial charge in [-0.2, -0.15) is 0 Å². The molecule has 0 aromatic heterocycles. The van der Waals surface area contributed by atoms with Crippen molar-refractivity contribution < 1.29 is 34.3 Å². The van der Waals surface area contributed by atoms with Crippen molar-refractivity contribution in [3.63, 3.8) is 0 Å². The Kier molecular flexibility index (Phi) is 4.00. The molecule has 1 fully saturated rings. The molecular weight excluding hydrogens is 208 g/mol. The second-order valence-corrected chi connectivity index (χ2v) is 3.18. The monoisotopic (exact) mass is 222 g/mol. The second-order valence-electron chi connectivity index (χ2n) is 3.18. The van der Waals surface area contributed by atoms with Gasteiger partial charge in [-0.05, 0) is 0 Å². The largest absolute Gasteiger partial charge is 0.479 e. The highest BCUT2D eigenvalue weighted by atomic mass is 16.7. The maximum Gasteiger partial charge on any atom is 0.335 e. The van der Waals surface area contributed by atoms with E-state index in [9.17, 15) is 15.0 Å². The van der Waals surface area contributed by atoms with Crippen molar-refractivity contribution in [2.45, 2.75) is 30.7 Å². The van der Waals surface area contributed by atoms with Crippen LogP contribution < -0.4 is 0 Å². The van der Waals surface area contributed by atoms with Gasteiger partial charge in [-0.3, -0.25) is 0 Å². The first-order chi connectivity index (χ1) is 7.02. The number of rotatable bonds is 3. The first-order valence-corrected chi connectivity index (χ1v) is 4.33. The summed E-state index contributed by atoms with van der Waals surface area (Å²) in [6, 6.07) is 0. The van der Waals surface area contributed by atoms with Gasteiger partial charge in [-0.15, -0.1) is 0 Å². The van der Waals surface area contributed by atoms with Gasteiger partial charge >= 0.3 is 5.97 Å². The number of carbonyl (C=O) groups is 1. The highest BCUT2D eigenvalue weighted by Crippen LogP contribution is 2.23. The summed E-state index contributed by atoms with van der Waals surface area (Å²) in [5, 5.41) is 27.8. The quantitative estimate of drug-likeness (QED) is 0.516. The Hall–Kier alpha value is -0.730. The Morgan fingerprint density at radius 1 is 1.20 bits per heavy atom. The third-order valence-corrected chi connectivity index (χ3v) is 2.29. The van der Waals surface area contributed by atoms with Crippen LogP contribution in [-0.4, -0.2) is 66.2 Å². The summed E-state index contributed by atoms with van der Waals surface area (Å²) in [5.41, 5.74) is 0. The lowest BCUT2D eigenvalue weighted by Crippen LogP contribution is -2.60. The summed E-state index contributed by atoms with van der Waals surface area (Å²) in [4.78, 5) is 10.8. The van der Waals surface area contributed by atoms with Crippen LogP contribution in [0.4, 0.5) is 0 Å². The van der Waals surface area contributed by atoms with Crippen LogP contribution in [0.15, 0.2) is 0 Å². The van der Waals surface area contributed by atoms with Gasteiger partial charge in [0.2, 0.25) is 0 Å². The number of hydrogen-bond acceptors (Lipinski definition) is 6. The summed E-state index contributed by atoms with van der Waals surface area (Å²) >= 11 is 0. The number of aliphatic hydroxyl groups is 2. The van der Waals surface area contributed by atoms with E-state index in [0.29, 0.717) is 0 Å². The number of aliphatic hydroxyl groups excluding tert-OH is 2. The van der Waals surface area contributed by atoms with Crippen LogP contribution in [-0.2, 0) is 19.0 Å². The average Bonchev–Trinajstić information content (AvgIpc) is 2.21. The minimum absolute atomic E-state index is 1.12. The molecule has 5 atom stereocenters. The molecular formula is C8H14O7. The molecule has 15 heavy (non-hydrogen) atoms. The van der Waals surface area contributed by atoms with Gasteiger partial charge in [0.15, 0.2) is 12.4 Å². The molecule has 3 N–H and O–H groups in total. The minimum Gasteiger partial charge on any atom is -0.479 e. The Morgan fingerprint density at radius 2 is 1.80 bits per heavy atom. The molecule has 0 radical (unpaired) electrons. The number of carboxylic acids is 1. The smallest absolute Gasteiger partial charge is 0.335 e. The summed E-state index contributed by atoms with van der Waals surface area (Å²) < 4.78 is 14.4. The molecule has 0 amide bonds. The van der Waals surface area contributed by atoms with Crippen molar-refractivity contribution in [2.75, 3.05) is 14.2 Å². The van der Waals surface area contributed by atoms with Gasteiger partial charge in [0.25, 0.3) is 0 Å². The Balaban J connectivity index is 2.84. The molecule has 1 saturated heterocycles. The number of methoxy groups -OCH3 is 2. The van der Waals surface area contributed by atoms with E-state index < -0.39 is 36.7 Å². The number of carboxylic acid groups (broad SMARTS) is 1. The number of hydrogen-bond donors (Lipinski definition) is 3.